The van der Waals surface area contributed by atoms with Crippen LogP contribution in [0.2, 0.25) is 5.02 Å². The maximum absolute atomic E-state index is 14.1. The van der Waals surface area contributed by atoms with Crippen LogP contribution in [0.1, 0.15) is 60.5 Å². The third-order valence-corrected chi connectivity index (χ3v) is 8.65. The minimum Gasteiger partial charge on any atom is -0.335 e. The molecule has 0 radical (unpaired) electrons. The number of allylic oxidation sites excluding steroid dienone is 2. The summed E-state index contributed by atoms with van der Waals surface area (Å²) in [6.45, 7) is 12.1. The quantitative estimate of drug-likeness (QED) is 0.321. The van der Waals surface area contributed by atoms with Crippen molar-refractivity contribution in [2.45, 2.75) is 57.4 Å². The van der Waals surface area contributed by atoms with Crippen molar-refractivity contribution in [3.05, 3.63) is 95.1 Å². The lowest BCUT2D eigenvalue weighted by Gasteiger charge is -2.47. The van der Waals surface area contributed by atoms with E-state index < -0.39 is 29.2 Å². The van der Waals surface area contributed by atoms with Crippen LogP contribution in [0, 0.1) is 12.3 Å². The standard InChI is InChI=1S/C31H35ClF3N3O2/c1-6-12-30(13-7-2)19-26-27(25-11-9-8-10-20(25)3)38(15-14-37(26)28(30)39)29(40)36(5)21(4)22-16-23(31(33,34)35)18-24(32)17-22/h6-11,16-18,21,26-27H,1-2,12-15,19H2,3-5H3/t21-,26+,27+/m1/s1. The average Bonchev–Trinajstić information content (AvgIpc) is 3.18. The zero-order chi connectivity index (χ0) is 29.4. The zero-order valence-corrected chi connectivity index (χ0v) is 23.8. The van der Waals surface area contributed by atoms with Gasteiger partial charge in [0.15, 0.2) is 0 Å². The molecule has 2 saturated heterocycles. The second kappa shape index (κ2) is 11.3. The fraction of sp³-hybridized carbons (Fsp3) is 0.419. The van der Waals surface area contributed by atoms with Crippen molar-refractivity contribution in [2.75, 3.05) is 20.1 Å². The molecule has 0 aromatic heterocycles. The molecule has 2 aromatic rings. The molecule has 0 N–H and O–H groups in total. The average molecular weight is 574 g/mol. The number of hydrogen-bond acceptors (Lipinski definition) is 2. The largest absolute Gasteiger partial charge is 0.416 e. The second-order valence-electron chi connectivity index (χ2n) is 10.9. The molecule has 214 valence electrons. The Morgan fingerprint density at radius 3 is 2.42 bits per heavy atom. The van der Waals surface area contributed by atoms with Crippen LogP contribution >= 0.6 is 11.6 Å². The molecule has 0 bridgehead atoms. The van der Waals surface area contributed by atoms with E-state index >= 15 is 0 Å². The van der Waals surface area contributed by atoms with Crippen LogP contribution in [-0.4, -0.2) is 52.8 Å². The van der Waals surface area contributed by atoms with Crippen molar-refractivity contribution in [3.63, 3.8) is 0 Å². The Kier molecular flexibility index (Phi) is 8.41. The first-order valence-corrected chi connectivity index (χ1v) is 13.7. The summed E-state index contributed by atoms with van der Waals surface area (Å²) in [5, 5.41) is -0.0471. The predicted molar refractivity (Wildman–Crippen MR) is 151 cm³/mol. The molecule has 2 heterocycles. The smallest absolute Gasteiger partial charge is 0.335 e. The lowest BCUT2D eigenvalue weighted by atomic mass is 9.76. The minimum atomic E-state index is -4.56. The molecule has 2 fully saturated rings. The number of rotatable bonds is 7. The SMILES string of the molecule is C=CCC1(CC=C)C[C@H]2[C@H](c3ccccc3C)N(C(=O)N(C)[C@H](C)c3cc(Cl)cc(C(F)(F)F)c3)CCN2C1=O. The van der Waals surface area contributed by atoms with Crippen LogP contribution in [-0.2, 0) is 11.0 Å². The highest BCUT2D eigenvalue weighted by Crippen LogP contribution is 2.50. The number of aryl methyl sites for hydroxylation is 1. The summed E-state index contributed by atoms with van der Waals surface area (Å²) in [7, 11) is 1.59. The number of alkyl halides is 3. The van der Waals surface area contributed by atoms with Crippen molar-refractivity contribution in [1.82, 2.24) is 14.7 Å². The van der Waals surface area contributed by atoms with Gasteiger partial charge in [0.05, 0.1) is 29.1 Å². The first-order chi connectivity index (χ1) is 18.8. The summed E-state index contributed by atoms with van der Waals surface area (Å²) in [6, 6.07) is 9.46. The number of fused-ring (bicyclic) bond motifs is 1. The third kappa shape index (κ3) is 5.38. The minimum absolute atomic E-state index is 0.0447. The lowest BCUT2D eigenvalue weighted by Crippen LogP contribution is -2.57. The van der Waals surface area contributed by atoms with E-state index in [-0.39, 0.29) is 28.6 Å². The van der Waals surface area contributed by atoms with Crippen LogP contribution in [0.5, 0.6) is 0 Å². The molecule has 2 aromatic carbocycles. The van der Waals surface area contributed by atoms with Crippen LogP contribution < -0.4 is 0 Å². The Bertz CT molecular complexity index is 1300. The van der Waals surface area contributed by atoms with Crippen LogP contribution in [0.4, 0.5) is 18.0 Å². The predicted octanol–water partition coefficient (Wildman–Crippen LogP) is 7.58. The molecule has 40 heavy (non-hydrogen) atoms. The van der Waals surface area contributed by atoms with Gasteiger partial charge < -0.3 is 14.7 Å². The second-order valence-corrected chi connectivity index (χ2v) is 11.3. The van der Waals surface area contributed by atoms with Gasteiger partial charge in [-0.05, 0) is 68.0 Å². The van der Waals surface area contributed by atoms with E-state index in [1.54, 1.807) is 31.0 Å². The molecular weight excluding hydrogens is 539 g/mol. The van der Waals surface area contributed by atoms with E-state index in [9.17, 15) is 22.8 Å². The normalized spacial score (nSPS) is 21.1. The van der Waals surface area contributed by atoms with Gasteiger partial charge in [-0.2, -0.15) is 13.2 Å². The number of urea groups is 1. The molecular formula is C31H35ClF3N3O2. The summed E-state index contributed by atoms with van der Waals surface area (Å²) in [5.74, 6) is 0.0447. The molecule has 5 nitrogen and oxygen atoms in total. The van der Waals surface area contributed by atoms with E-state index in [1.165, 1.54) is 11.0 Å². The van der Waals surface area contributed by atoms with Crippen LogP contribution in [0.15, 0.2) is 67.8 Å². The molecule has 0 aliphatic carbocycles. The van der Waals surface area contributed by atoms with Crippen LogP contribution in [0.3, 0.4) is 0 Å². The first kappa shape index (κ1) is 29.7. The molecule has 0 unspecified atom stereocenters. The summed E-state index contributed by atoms with van der Waals surface area (Å²) in [6.07, 6.45) is 0.517. The maximum atomic E-state index is 14.1. The number of carbonyl (C=O) groups excluding carboxylic acids is 2. The Hall–Kier alpha value is -3.26. The highest BCUT2D eigenvalue weighted by molar-refractivity contribution is 6.30. The van der Waals surface area contributed by atoms with Gasteiger partial charge in [0.1, 0.15) is 0 Å². The number of piperazine rings is 1. The molecule has 3 atom stereocenters. The Labute approximate surface area is 238 Å². The number of nitrogens with zero attached hydrogens (tertiary/aromatic N) is 3. The van der Waals surface area contributed by atoms with Crippen molar-refractivity contribution in [1.29, 1.82) is 0 Å². The summed E-state index contributed by atoms with van der Waals surface area (Å²) < 4.78 is 40.4. The number of carbonyl (C=O) groups is 2. The summed E-state index contributed by atoms with van der Waals surface area (Å²) >= 11 is 6.04. The van der Waals surface area contributed by atoms with Gasteiger partial charge in [-0.15, -0.1) is 13.2 Å². The lowest BCUT2D eigenvalue weighted by molar-refractivity contribution is -0.139. The highest BCUT2D eigenvalue weighted by Gasteiger charge is 2.56. The topological polar surface area (TPSA) is 43.9 Å². The van der Waals surface area contributed by atoms with Gasteiger partial charge >= 0.3 is 12.2 Å². The van der Waals surface area contributed by atoms with Crippen LogP contribution in [0.25, 0.3) is 0 Å². The van der Waals surface area contributed by atoms with E-state index in [0.29, 0.717) is 32.4 Å². The molecule has 0 spiro atoms. The van der Waals surface area contributed by atoms with Crippen molar-refractivity contribution in [2.24, 2.45) is 5.41 Å². The molecule has 2 aliphatic rings. The zero-order valence-electron chi connectivity index (χ0n) is 23.0. The molecule has 0 saturated carbocycles. The van der Waals surface area contributed by atoms with Gasteiger partial charge in [-0.25, -0.2) is 4.79 Å². The number of amides is 3. The third-order valence-electron chi connectivity index (χ3n) is 8.43. The fourth-order valence-corrected chi connectivity index (χ4v) is 6.50. The van der Waals surface area contributed by atoms with Gasteiger partial charge in [-0.3, -0.25) is 4.79 Å². The Morgan fingerprint density at radius 1 is 1.18 bits per heavy atom. The molecule has 4 rings (SSSR count). The van der Waals surface area contributed by atoms with Crippen molar-refractivity contribution in [3.8, 4) is 0 Å². The molecule has 3 amide bonds. The summed E-state index contributed by atoms with van der Waals surface area (Å²) in [5.41, 5.74) is 0.690. The number of benzene rings is 2. The maximum Gasteiger partial charge on any atom is 0.416 e. The van der Waals surface area contributed by atoms with E-state index in [2.05, 4.69) is 13.2 Å². The van der Waals surface area contributed by atoms with E-state index in [0.717, 1.165) is 23.3 Å². The monoisotopic (exact) mass is 573 g/mol. The molecule has 9 heteroatoms. The Morgan fingerprint density at radius 2 is 1.82 bits per heavy atom. The Balaban J connectivity index is 1.72. The van der Waals surface area contributed by atoms with Gasteiger partial charge in [0, 0.05) is 25.2 Å². The summed E-state index contributed by atoms with van der Waals surface area (Å²) in [4.78, 5) is 33.0. The first-order valence-electron chi connectivity index (χ1n) is 13.3. The number of halogens is 4. The fourth-order valence-electron chi connectivity index (χ4n) is 6.26. The van der Waals surface area contributed by atoms with E-state index in [4.69, 9.17) is 11.6 Å². The van der Waals surface area contributed by atoms with Gasteiger partial charge in [-0.1, -0.05) is 48.0 Å². The molecule has 2 aliphatic heterocycles. The van der Waals surface area contributed by atoms with Crippen molar-refractivity contribution >= 4 is 23.5 Å². The number of hydrogen-bond donors (Lipinski definition) is 0. The van der Waals surface area contributed by atoms with E-state index in [1.807, 2.05) is 36.1 Å². The van der Waals surface area contributed by atoms with Gasteiger partial charge in [0.2, 0.25) is 5.91 Å². The van der Waals surface area contributed by atoms with Crippen molar-refractivity contribution < 1.29 is 22.8 Å². The van der Waals surface area contributed by atoms with Gasteiger partial charge in [0.25, 0.3) is 0 Å². The highest BCUT2D eigenvalue weighted by atomic mass is 35.5.